The van der Waals surface area contributed by atoms with Gasteiger partial charge in [-0.05, 0) is 52.0 Å². The van der Waals surface area contributed by atoms with E-state index in [1.165, 1.54) is 30.5 Å². The quantitative estimate of drug-likeness (QED) is 0.866. The third kappa shape index (κ3) is 3.06. The molecule has 1 fully saturated rings. The number of aromatic nitrogens is 2. The summed E-state index contributed by atoms with van der Waals surface area (Å²) >= 11 is 0. The summed E-state index contributed by atoms with van der Waals surface area (Å²) in [6, 6.07) is 0.428. The summed E-state index contributed by atoms with van der Waals surface area (Å²) < 4.78 is 8.00. The summed E-state index contributed by atoms with van der Waals surface area (Å²) in [5.74, 6) is 0.785. The van der Waals surface area contributed by atoms with E-state index >= 15 is 0 Å². The van der Waals surface area contributed by atoms with Crippen LogP contribution in [0.3, 0.4) is 0 Å². The molecule has 4 nitrogen and oxygen atoms in total. The Morgan fingerprint density at radius 1 is 1.33 bits per heavy atom. The highest BCUT2D eigenvalue weighted by Crippen LogP contribution is 2.33. The number of aryl methyl sites for hydroxylation is 2. The van der Waals surface area contributed by atoms with Gasteiger partial charge in [-0.15, -0.1) is 0 Å². The van der Waals surface area contributed by atoms with Gasteiger partial charge in [0, 0.05) is 31.0 Å². The predicted octanol–water partition coefficient (Wildman–Crippen LogP) is 2.81. The fourth-order valence-corrected chi connectivity index (χ4v) is 3.64. The lowest BCUT2D eigenvalue weighted by molar-refractivity contribution is 0.0967. The van der Waals surface area contributed by atoms with Gasteiger partial charge >= 0.3 is 0 Å². The molecular formula is C17H27N3O. The van der Waals surface area contributed by atoms with Crippen molar-refractivity contribution in [1.29, 1.82) is 0 Å². The van der Waals surface area contributed by atoms with Crippen LogP contribution in [-0.4, -0.2) is 29.0 Å². The smallest absolute Gasteiger partial charge is 0.101 e. The molecule has 1 N–H and O–H groups in total. The van der Waals surface area contributed by atoms with Gasteiger partial charge in [0.05, 0.1) is 5.69 Å². The molecule has 0 spiro atoms. The monoisotopic (exact) mass is 289 g/mol. The van der Waals surface area contributed by atoms with Gasteiger partial charge in [-0.1, -0.05) is 12.2 Å². The normalized spacial score (nSPS) is 29.2. The maximum atomic E-state index is 6.04. The van der Waals surface area contributed by atoms with E-state index in [9.17, 15) is 0 Å². The van der Waals surface area contributed by atoms with Crippen LogP contribution in [0.4, 0.5) is 0 Å². The van der Waals surface area contributed by atoms with Gasteiger partial charge < -0.3 is 10.1 Å². The van der Waals surface area contributed by atoms with Gasteiger partial charge in [-0.3, -0.25) is 4.68 Å². The van der Waals surface area contributed by atoms with Crippen LogP contribution in [0.1, 0.15) is 48.7 Å². The van der Waals surface area contributed by atoms with Crippen LogP contribution < -0.4 is 5.32 Å². The molecule has 0 radical (unpaired) electrons. The van der Waals surface area contributed by atoms with Gasteiger partial charge in [-0.2, -0.15) is 5.10 Å². The zero-order valence-electron chi connectivity index (χ0n) is 13.4. The molecule has 3 atom stereocenters. The van der Waals surface area contributed by atoms with Gasteiger partial charge in [0.15, 0.2) is 0 Å². The molecule has 0 amide bonds. The SMILES string of the molecule is Cc1nn(C)c(C)c1[C@H]1OCC[C@@H]1NC[C@H]1CC=CCC1. The summed E-state index contributed by atoms with van der Waals surface area (Å²) in [5, 5.41) is 8.31. The molecule has 4 heteroatoms. The zero-order chi connectivity index (χ0) is 14.8. The Labute approximate surface area is 127 Å². The maximum Gasteiger partial charge on any atom is 0.101 e. The van der Waals surface area contributed by atoms with Crippen LogP contribution in [0.25, 0.3) is 0 Å². The summed E-state index contributed by atoms with van der Waals surface area (Å²) in [4.78, 5) is 0. The van der Waals surface area contributed by atoms with E-state index in [2.05, 4.69) is 36.4 Å². The Bertz CT molecular complexity index is 520. The average molecular weight is 289 g/mol. The highest BCUT2D eigenvalue weighted by atomic mass is 16.5. The minimum absolute atomic E-state index is 0.165. The van der Waals surface area contributed by atoms with Crippen molar-refractivity contribution in [3.8, 4) is 0 Å². The number of nitrogens with one attached hydrogen (secondary N) is 1. The molecule has 0 aromatic carbocycles. The Kier molecular flexibility index (Phi) is 4.45. The number of hydrogen-bond acceptors (Lipinski definition) is 3. The first-order valence-electron chi connectivity index (χ1n) is 8.17. The molecule has 0 saturated carbocycles. The predicted molar refractivity (Wildman–Crippen MR) is 84.3 cm³/mol. The fraction of sp³-hybridized carbons (Fsp3) is 0.706. The molecule has 0 unspecified atom stereocenters. The zero-order valence-corrected chi connectivity index (χ0v) is 13.4. The Hall–Kier alpha value is -1.13. The standard InChI is InChI=1S/C17H27N3O/c1-12-16(13(2)20(3)19-12)17-15(9-10-21-17)18-11-14-7-5-4-6-8-14/h4-5,14-15,17-18H,6-11H2,1-3H3/t14-,15-,17-/m0/s1. The van der Waals surface area contributed by atoms with E-state index in [1.54, 1.807) is 0 Å². The molecular weight excluding hydrogens is 262 g/mol. The summed E-state index contributed by atoms with van der Waals surface area (Å²) in [5.41, 5.74) is 3.62. The van der Waals surface area contributed by atoms with E-state index < -0.39 is 0 Å². The molecule has 1 saturated heterocycles. The number of allylic oxidation sites excluding steroid dienone is 2. The van der Waals surface area contributed by atoms with Crippen molar-refractivity contribution in [3.05, 3.63) is 29.1 Å². The van der Waals surface area contributed by atoms with Crippen molar-refractivity contribution < 1.29 is 4.74 Å². The van der Waals surface area contributed by atoms with Crippen molar-refractivity contribution in [3.63, 3.8) is 0 Å². The first kappa shape index (κ1) is 14.8. The second kappa shape index (κ2) is 6.32. The lowest BCUT2D eigenvalue weighted by Crippen LogP contribution is -2.36. The molecule has 1 aromatic heterocycles. The highest BCUT2D eigenvalue weighted by Gasteiger charge is 2.33. The molecule has 1 aromatic rings. The van der Waals surface area contributed by atoms with Crippen molar-refractivity contribution >= 4 is 0 Å². The van der Waals surface area contributed by atoms with Crippen LogP contribution in [0.15, 0.2) is 12.2 Å². The fourth-order valence-electron chi connectivity index (χ4n) is 3.64. The third-order valence-electron chi connectivity index (χ3n) is 4.99. The molecule has 0 bridgehead atoms. The summed E-state index contributed by atoms with van der Waals surface area (Å²) in [7, 11) is 2.01. The van der Waals surface area contributed by atoms with Crippen LogP contribution in [0.2, 0.25) is 0 Å². The Balaban J connectivity index is 1.66. The summed E-state index contributed by atoms with van der Waals surface area (Å²) in [6.07, 6.45) is 9.66. The maximum absolute atomic E-state index is 6.04. The number of hydrogen-bond donors (Lipinski definition) is 1. The van der Waals surface area contributed by atoms with Gasteiger partial charge in [0.25, 0.3) is 0 Å². The molecule has 3 rings (SSSR count). The number of rotatable bonds is 4. The van der Waals surface area contributed by atoms with E-state index in [4.69, 9.17) is 4.74 Å². The molecule has 2 heterocycles. The van der Waals surface area contributed by atoms with Crippen LogP contribution in [0, 0.1) is 19.8 Å². The molecule has 116 valence electrons. The minimum Gasteiger partial charge on any atom is -0.372 e. The van der Waals surface area contributed by atoms with E-state index in [0.29, 0.717) is 6.04 Å². The molecule has 1 aliphatic heterocycles. The van der Waals surface area contributed by atoms with Crippen LogP contribution in [0.5, 0.6) is 0 Å². The minimum atomic E-state index is 0.165. The first-order chi connectivity index (χ1) is 10.2. The van der Waals surface area contributed by atoms with Crippen molar-refractivity contribution in [1.82, 2.24) is 15.1 Å². The van der Waals surface area contributed by atoms with E-state index in [0.717, 1.165) is 31.2 Å². The second-order valence-corrected chi connectivity index (χ2v) is 6.45. The van der Waals surface area contributed by atoms with E-state index in [-0.39, 0.29) is 6.10 Å². The van der Waals surface area contributed by atoms with Gasteiger partial charge in [0.2, 0.25) is 0 Å². The lowest BCUT2D eigenvalue weighted by atomic mass is 9.93. The largest absolute Gasteiger partial charge is 0.372 e. The Morgan fingerprint density at radius 3 is 2.86 bits per heavy atom. The van der Waals surface area contributed by atoms with Crippen LogP contribution in [-0.2, 0) is 11.8 Å². The Morgan fingerprint density at radius 2 is 2.19 bits per heavy atom. The van der Waals surface area contributed by atoms with Crippen molar-refractivity contribution in [2.45, 2.75) is 51.7 Å². The van der Waals surface area contributed by atoms with Gasteiger partial charge in [-0.25, -0.2) is 0 Å². The number of ether oxygens (including phenoxy) is 1. The highest BCUT2D eigenvalue weighted by molar-refractivity contribution is 5.29. The number of nitrogens with zero attached hydrogens (tertiary/aromatic N) is 2. The van der Waals surface area contributed by atoms with Crippen molar-refractivity contribution in [2.75, 3.05) is 13.2 Å². The molecule has 2 aliphatic rings. The van der Waals surface area contributed by atoms with E-state index in [1.807, 2.05) is 11.7 Å². The van der Waals surface area contributed by atoms with Gasteiger partial charge in [0.1, 0.15) is 6.10 Å². The van der Waals surface area contributed by atoms with Crippen molar-refractivity contribution in [2.24, 2.45) is 13.0 Å². The second-order valence-electron chi connectivity index (χ2n) is 6.45. The topological polar surface area (TPSA) is 39.1 Å². The first-order valence-corrected chi connectivity index (χ1v) is 8.17. The summed E-state index contributed by atoms with van der Waals surface area (Å²) in [6.45, 7) is 6.18. The van der Waals surface area contributed by atoms with Crippen LogP contribution >= 0.6 is 0 Å². The molecule has 1 aliphatic carbocycles. The third-order valence-corrected chi connectivity index (χ3v) is 4.99. The average Bonchev–Trinajstić information content (AvgIpc) is 3.03. The molecule has 21 heavy (non-hydrogen) atoms. The lowest BCUT2D eigenvalue weighted by Gasteiger charge is -2.24.